The van der Waals surface area contributed by atoms with Gasteiger partial charge in [0.25, 0.3) is 0 Å². The van der Waals surface area contributed by atoms with Gasteiger partial charge in [0, 0.05) is 0 Å². The molecule has 1 aliphatic heterocycles. The highest BCUT2D eigenvalue weighted by Gasteiger charge is 2.21. The highest BCUT2D eigenvalue weighted by molar-refractivity contribution is 5.44. The molecule has 4 heteroatoms. The van der Waals surface area contributed by atoms with Crippen molar-refractivity contribution in [2.45, 2.75) is 18.8 Å². The lowest BCUT2D eigenvalue weighted by Gasteiger charge is -2.30. The normalized spacial score (nSPS) is 16.9. The maximum atomic E-state index is 8.71. The lowest BCUT2D eigenvalue weighted by atomic mass is 9.89. The van der Waals surface area contributed by atoms with E-state index in [0.717, 1.165) is 37.4 Å². The van der Waals surface area contributed by atoms with Crippen LogP contribution in [0.1, 0.15) is 24.3 Å². The fraction of sp³-hybridized carbons (Fsp3) is 0.533. The Morgan fingerprint density at radius 3 is 2.47 bits per heavy atom. The zero-order valence-electron chi connectivity index (χ0n) is 11.6. The van der Waals surface area contributed by atoms with E-state index in [1.807, 2.05) is 6.07 Å². The van der Waals surface area contributed by atoms with Crippen LogP contribution in [0.25, 0.3) is 0 Å². The first-order valence-corrected chi connectivity index (χ1v) is 6.59. The lowest BCUT2D eigenvalue weighted by molar-refractivity contribution is 0.234. The van der Waals surface area contributed by atoms with Gasteiger partial charge in [-0.05, 0) is 49.5 Å². The Labute approximate surface area is 114 Å². The topological polar surface area (TPSA) is 45.5 Å². The van der Waals surface area contributed by atoms with Crippen LogP contribution in [0.2, 0.25) is 0 Å². The van der Waals surface area contributed by atoms with Crippen molar-refractivity contribution in [3.8, 4) is 17.6 Å². The van der Waals surface area contributed by atoms with Crippen LogP contribution >= 0.6 is 0 Å². The molecule has 0 aliphatic carbocycles. The van der Waals surface area contributed by atoms with Gasteiger partial charge in [0.05, 0.1) is 26.8 Å². The average molecular weight is 260 g/mol. The molecule has 1 aromatic carbocycles. The van der Waals surface area contributed by atoms with Gasteiger partial charge in [-0.25, -0.2) is 0 Å². The SMILES string of the molecule is COc1ccc(C2CCN(CC#N)CC2)cc1OC. The highest BCUT2D eigenvalue weighted by atomic mass is 16.5. The molecule has 0 amide bonds. The smallest absolute Gasteiger partial charge is 0.160 e. The number of hydrogen-bond acceptors (Lipinski definition) is 4. The molecule has 1 aliphatic rings. The Hall–Kier alpha value is -1.73. The third-order valence-electron chi connectivity index (χ3n) is 3.76. The molecule has 0 atom stereocenters. The standard InChI is InChI=1S/C15H20N2O2/c1-18-14-4-3-13(11-15(14)19-2)12-5-8-17(9-6-12)10-7-16/h3-4,11-12H,5-6,8-10H2,1-2H3. The summed E-state index contributed by atoms with van der Waals surface area (Å²) in [6.07, 6.45) is 2.19. The second-order valence-electron chi connectivity index (χ2n) is 4.82. The molecule has 1 heterocycles. The summed E-state index contributed by atoms with van der Waals surface area (Å²) < 4.78 is 10.6. The van der Waals surface area contributed by atoms with Crippen molar-refractivity contribution in [2.24, 2.45) is 0 Å². The van der Waals surface area contributed by atoms with Crippen molar-refractivity contribution in [3.63, 3.8) is 0 Å². The zero-order chi connectivity index (χ0) is 13.7. The number of piperidine rings is 1. The van der Waals surface area contributed by atoms with E-state index in [0.29, 0.717) is 12.5 Å². The monoisotopic (exact) mass is 260 g/mol. The minimum absolute atomic E-state index is 0.540. The molecule has 0 radical (unpaired) electrons. The van der Waals surface area contributed by atoms with E-state index in [2.05, 4.69) is 23.1 Å². The highest BCUT2D eigenvalue weighted by Crippen LogP contribution is 2.34. The fourth-order valence-corrected chi connectivity index (χ4v) is 2.63. The molecule has 102 valence electrons. The van der Waals surface area contributed by atoms with Crippen LogP contribution in [0.15, 0.2) is 18.2 Å². The minimum Gasteiger partial charge on any atom is -0.493 e. The number of likely N-dealkylation sites (tertiary alicyclic amines) is 1. The summed E-state index contributed by atoms with van der Waals surface area (Å²) in [5, 5.41) is 8.71. The summed E-state index contributed by atoms with van der Waals surface area (Å²) in [5.41, 5.74) is 1.30. The van der Waals surface area contributed by atoms with Crippen LogP contribution in [0.5, 0.6) is 11.5 Å². The van der Waals surface area contributed by atoms with Crippen molar-refractivity contribution in [2.75, 3.05) is 33.9 Å². The average Bonchev–Trinajstić information content (AvgIpc) is 2.47. The number of methoxy groups -OCH3 is 2. The molecule has 0 unspecified atom stereocenters. The van der Waals surface area contributed by atoms with Crippen molar-refractivity contribution in [3.05, 3.63) is 23.8 Å². The molecule has 19 heavy (non-hydrogen) atoms. The summed E-state index contributed by atoms with van der Waals surface area (Å²) in [6.45, 7) is 2.53. The van der Waals surface area contributed by atoms with Crippen molar-refractivity contribution in [1.29, 1.82) is 5.26 Å². The summed E-state index contributed by atoms with van der Waals surface area (Å²) in [6, 6.07) is 8.37. The largest absolute Gasteiger partial charge is 0.493 e. The molecule has 1 fully saturated rings. The van der Waals surface area contributed by atoms with Gasteiger partial charge in [0.2, 0.25) is 0 Å². The number of rotatable bonds is 4. The van der Waals surface area contributed by atoms with Gasteiger partial charge in [-0.1, -0.05) is 6.07 Å². The lowest BCUT2D eigenvalue weighted by Crippen LogP contribution is -2.33. The molecule has 0 N–H and O–H groups in total. The Bertz CT molecular complexity index is 460. The quantitative estimate of drug-likeness (QED) is 0.780. The molecule has 0 bridgehead atoms. The Balaban J connectivity index is 2.05. The van der Waals surface area contributed by atoms with Crippen LogP contribution in [0.4, 0.5) is 0 Å². The number of ether oxygens (including phenoxy) is 2. The molecule has 0 saturated carbocycles. The van der Waals surface area contributed by atoms with E-state index in [1.165, 1.54) is 5.56 Å². The van der Waals surface area contributed by atoms with Gasteiger partial charge in [0.1, 0.15) is 0 Å². The summed E-state index contributed by atoms with van der Waals surface area (Å²) in [7, 11) is 3.31. The van der Waals surface area contributed by atoms with E-state index in [4.69, 9.17) is 14.7 Å². The summed E-state index contributed by atoms with van der Waals surface area (Å²) >= 11 is 0. The molecule has 0 spiro atoms. The Kier molecular flexibility index (Phi) is 4.64. The molecule has 2 rings (SSSR count). The molecule has 1 aromatic rings. The van der Waals surface area contributed by atoms with E-state index in [9.17, 15) is 0 Å². The maximum Gasteiger partial charge on any atom is 0.160 e. The molecular formula is C15H20N2O2. The first-order valence-electron chi connectivity index (χ1n) is 6.59. The first kappa shape index (κ1) is 13.7. The van der Waals surface area contributed by atoms with Gasteiger partial charge >= 0.3 is 0 Å². The number of benzene rings is 1. The first-order chi connectivity index (χ1) is 9.28. The molecular weight excluding hydrogens is 240 g/mol. The third-order valence-corrected chi connectivity index (χ3v) is 3.76. The van der Waals surface area contributed by atoms with Crippen LogP contribution in [0, 0.1) is 11.3 Å². The van der Waals surface area contributed by atoms with E-state index in [-0.39, 0.29) is 0 Å². The second kappa shape index (κ2) is 6.44. The van der Waals surface area contributed by atoms with Crippen molar-refractivity contribution >= 4 is 0 Å². The molecule has 0 aromatic heterocycles. The van der Waals surface area contributed by atoms with Gasteiger partial charge in [-0.15, -0.1) is 0 Å². The van der Waals surface area contributed by atoms with Gasteiger partial charge in [-0.2, -0.15) is 5.26 Å². The number of nitriles is 1. The van der Waals surface area contributed by atoms with Gasteiger partial charge in [0.15, 0.2) is 11.5 Å². The van der Waals surface area contributed by atoms with Crippen LogP contribution in [0.3, 0.4) is 0 Å². The fourth-order valence-electron chi connectivity index (χ4n) is 2.63. The third kappa shape index (κ3) is 3.18. The van der Waals surface area contributed by atoms with Gasteiger partial charge in [-0.3, -0.25) is 4.90 Å². The zero-order valence-corrected chi connectivity index (χ0v) is 11.6. The number of hydrogen-bond donors (Lipinski definition) is 0. The van der Waals surface area contributed by atoms with Crippen molar-refractivity contribution in [1.82, 2.24) is 4.90 Å². The molecule has 4 nitrogen and oxygen atoms in total. The van der Waals surface area contributed by atoms with E-state index < -0.39 is 0 Å². The predicted octanol–water partition coefficient (Wildman–Crippen LogP) is 2.41. The molecule has 1 saturated heterocycles. The predicted molar refractivity (Wildman–Crippen MR) is 73.6 cm³/mol. The second-order valence-corrected chi connectivity index (χ2v) is 4.82. The van der Waals surface area contributed by atoms with Crippen molar-refractivity contribution < 1.29 is 9.47 Å². The van der Waals surface area contributed by atoms with Gasteiger partial charge < -0.3 is 9.47 Å². The van der Waals surface area contributed by atoms with Crippen LogP contribution in [-0.4, -0.2) is 38.8 Å². The Morgan fingerprint density at radius 2 is 1.89 bits per heavy atom. The number of nitrogens with zero attached hydrogens (tertiary/aromatic N) is 2. The minimum atomic E-state index is 0.540. The van der Waals surface area contributed by atoms with E-state index in [1.54, 1.807) is 14.2 Å². The summed E-state index contributed by atoms with van der Waals surface area (Å²) in [5.74, 6) is 2.11. The summed E-state index contributed by atoms with van der Waals surface area (Å²) in [4.78, 5) is 2.21. The van der Waals surface area contributed by atoms with E-state index >= 15 is 0 Å². The van der Waals surface area contributed by atoms with Crippen LogP contribution < -0.4 is 9.47 Å². The van der Waals surface area contributed by atoms with Crippen LogP contribution in [-0.2, 0) is 0 Å². The Morgan fingerprint density at radius 1 is 1.21 bits per heavy atom. The maximum absolute atomic E-state index is 8.71.